The molecule has 0 bridgehead atoms. The molecule has 1 aliphatic heterocycles. The van der Waals surface area contributed by atoms with E-state index in [0.717, 1.165) is 38.0 Å². The van der Waals surface area contributed by atoms with E-state index in [1.807, 2.05) is 52.0 Å². The smallest absolute Gasteiger partial charge is 0.259 e. The Labute approximate surface area is 189 Å². The van der Waals surface area contributed by atoms with Crippen molar-refractivity contribution in [2.75, 3.05) is 25.5 Å². The minimum absolute atomic E-state index is 0.194. The molecule has 1 aromatic carbocycles. The first-order valence-electron chi connectivity index (χ1n) is 11.2. The van der Waals surface area contributed by atoms with Gasteiger partial charge in [0, 0.05) is 50.6 Å². The summed E-state index contributed by atoms with van der Waals surface area (Å²) in [5, 5.41) is 12.0. The molecule has 8 heteroatoms. The number of nitrogens with zero attached hydrogens (tertiary/aromatic N) is 5. The number of benzene rings is 1. The molecule has 1 fully saturated rings. The van der Waals surface area contributed by atoms with Crippen LogP contribution < -0.4 is 5.32 Å². The summed E-state index contributed by atoms with van der Waals surface area (Å²) < 4.78 is 9.42. The number of aromatic nitrogens is 4. The van der Waals surface area contributed by atoms with Crippen LogP contribution in [0.2, 0.25) is 0 Å². The number of carbonyl (C=O) groups is 1. The molecule has 0 saturated carbocycles. The Bertz CT molecular complexity index is 1000. The van der Waals surface area contributed by atoms with E-state index in [2.05, 4.69) is 40.5 Å². The van der Waals surface area contributed by atoms with Crippen LogP contribution in [0.1, 0.15) is 56.0 Å². The third-order valence-electron chi connectivity index (χ3n) is 5.99. The number of hydrogen-bond donors (Lipinski definition) is 1. The van der Waals surface area contributed by atoms with Crippen LogP contribution in [0.5, 0.6) is 0 Å². The standard InChI is InChI=1S/C24H32N6O2/c1-18(2)29-17-19(15-26-29)16-28-13-10-21(11-14-28)30-22(9-12-25-30)27-24(31)23(32-3)20-7-5-4-6-8-20/h4-9,12,15,17-18,21,23H,10-11,13-14,16H2,1-3H3,(H,27,31)/t23-/m1/s1. The number of amides is 1. The van der Waals surface area contributed by atoms with Crippen molar-refractivity contribution < 1.29 is 9.53 Å². The topological polar surface area (TPSA) is 77.2 Å². The van der Waals surface area contributed by atoms with Gasteiger partial charge in [-0.2, -0.15) is 10.2 Å². The second-order valence-electron chi connectivity index (χ2n) is 8.61. The summed E-state index contributed by atoms with van der Waals surface area (Å²) in [5.41, 5.74) is 2.07. The van der Waals surface area contributed by atoms with Crippen molar-refractivity contribution in [3.05, 3.63) is 66.1 Å². The first kappa shape index (κ1) is 22.2. The molecule has 2 aromatic heterocycles. The number of methoxy groups -OCH3 is 1. The Morgan fingerprint density at radius 3 is 2.56 bits per heavy atom. The molecule has 8 nitrogen and oxygen atoms in total. The van der Waals surface area contributed by atoms with Gasteiger partial charge in [0.1, 0.15) is 5.82 Å². The number of rotatable bonds is 8. The van der Waals surface area contributed by atoms with Gasteiger partial charge in [-0.15, -0.1) is 0 Å². The molecule has 0 unspecified atom stereocenters. The molecule has 170 valence electrons. The summed E-state index contributed by atoms with van der Waals surface area (Å²) in [6, 6.07) is 12.0. The number of likely N-dealkylation sites (tertiary alicyclic amines) is 1. The number of piperidine rings is 1. The van der Waals surface area contributed by atoms with E-state index in [9.17, 15) is 4.79 Å². The lowest BCUT2D eigenvalue weighted by molar-refractivity contribution is -0.126. The van der Waals surface area contributed by atoms with Crippen molar-refractivity contribution in [3.8, 4) is 0 Å². The summed E-state index contributed by atoms with van der Waals surface area (Å²) in [6.07, 6.45) is 7.15. The second-order valence-corrected chi connectivity index (χ2v) is 8.61. The maximum Gasteiger partial charge on any atom is 0.259 e. The molecule has 3 aromatic rings. The Kier molecular flexibility index (Phi) is 7.02. The number of ether oxygens (including phenoxy) is 1. The lowest BCUT2D eigenvalue weighted by atomic mass is 10.0. The van der Waals surface area contributed by atoms with Crippen LogP contribution in [0.15, 0.2) is 55.0 Å². The average molecular weight is 437 g/mol. The van der Waals surface area contributed by atoms with Crippen LogP contribution in [0.25, 0.3) is 0 Å². The van der Waals surface area contributed by atoms with Crippen LogP contribution in [-0.2, 0) is 16.1 Å². The molecular formula is C24H32N6O2. The molecule has 1 N–H and O–H groups in total. The van der Waals surface area contributed by atoms with E-state index < -0.39 is 6.10 Å². The van der Waals surface area contributed by atoms with E-state index in [1.165, 1.54) is 5.56 Å². The third kappa shape index (κ3) is 5.08. The highest BCUT2D eigenvalue weighted by atomic mass is 16.5. The highest BCUT2D eigenvalue weighted by Crippen LogP contribution is 2.27. The van der Waals surface area contributed by atoms with Crippen molar-refractivity contribution in [2.45, 2.75) is 51.4 Å². The summed E-state index contributed by atoms with van der Waals surface area (Å²) >= 11 is 0. The van der Waals surface area contributed by atoms with E-state index in [0.29, 0.717) is 11.9 Å². The van der Waals surface area contributed by atoms with Gasteiger partial charge in [0.25, 0.3) is 5.91 Å². The lowest BCUT2D eigenvalue weighted by Crippen LogP contribution is -2.35. The van der Waals surface area contributed by atoms with Crippen LogP contribution in [0, 0.1) is 0 Å². The van der Waals surface area contributed by atoms with E-state index in [-0.39, 0.29) is 11.9 Å². The molecule has 0 radical (unpaired) electrons. The zero-order valence-electron chi connectivity index (χ0n) is 19.0. The largest absolute Gasteiger partial charge is 0.367 e. The lowest BCUT2D eigenvalue weighted by Gasteiger charge is -2.32. The Hall–Kier alpha value is -2.97. The van der Waals surface area contributed by atoms with Crippen molar-refractivity contribution >= 4 is 11.7 Å². The maximum atomic E-state index is 12.9. The Balaban J connectivity index is 1.35. The first-order valence-corrected chi connectivity index (χ1v) is 11.2. The minimum atomic E-state index is -0.659. The predicted molar refractivity (Wildman–Crippen MR) is 123 cm³/mol. The van der Waals surface area contributed by atoms with Crippen LogP contribution >= 0.6 is 0 Å². The molecule has 1 aliphatic rings. The summed E-state index contributed by atoms with van der Waals surface area (Å²) in [4.78, 5) is 15.3. The van der Waals surface area contributed by atoms with Gasteiger partial charge in [-0.1, -0.05) is 30.3 Å². The summed E-state index contributed by atoms with van der Waals surface area (Å²) in [7, 11) is 1.55. The molecule has 4 rings (SSSR count). The zero-order chi connectivity index (χ0) is 22.5. The fourth-order valence-corrected chi connectivity index (χ4v) is 4.24. The van der Waals surface area contributed by atoms with Gasteiger partial charge in [0.05, 0.1) is 18.4 Å². The fraction of sp³-hybridized carbons (Fsp3) is 0.458. The molecule has 1 amide bonds. The highest BCUT2D eigenvalue weighted by molar-refractivity contribution is 5.94. The molecule has 32 heavy (non-hydrogen) atoms. The normalized spacial score (nSPS) is 16.4. The summed E-state index contributed by atoms with van der Waals surface area (Å²) in [5.74, 6) is 0.518. The minimum Gasteiger partial charge on any atom is -0.367 e. The fourth-order valence-electron chi connectivity index (χ4n) is 4.24. The molecule has 0 aliphatic carbocycles. The van der Waals surface area contributed by atoms with Gasteiger partial charge in [0.15, 0.2) is 6.10 Å². The van der Waals surface area contributed by atoms with Gasteiger partial charge in [0.2, 0.25) is 0 Å². The number of hydrogen-bond acceptors (Lipinski definition) is 5. The number of anilines is 1. The highest BCUT2D eigenvalue weighted by Gasteiger charge is 2.25. The summed E-state index contributed by atoms with van der Waals surface area (Å²) in [6.45, 7) is 7.15. The SMILES string of the molecule is CO[C@@H](C(=O)Nc1ccnn1C1CCN(Cc2cnn(C(C)C)c2)CC1)c1ccccc1. The van der Waals surface area contributed by atoms with Gasteiger partial charge in [-0.05, 0) is 32.3 Å². The molecule has 1 atom stereocenters. The van der Waals surface area contributed by atoms with Gasteiger partial charge >= 0.3 is 0 Å². The average Bonchev–Trinajstić information content (AvgIpc) is 3.45. The first-order chi connectivity index (χ1) is 15.5. The van der Waals surface area contributed by atoms with Gasteiger partial charge in [-0.25, -0.2) is 4.68 Å². The Morgan fingerprint density at radius 2 is 1.91 bits per heavy atom. The zero-order valence-corrected chi connectivity index (χ0v) is 19.0. The third-order valence-corrected chi connectivity index (χ3v) is 5.99. The van der Waals surface area contributed by atoms with E-state index >= 15 is 0 Å². The molecule has 3 heterocycles. The maximum absolute atomic E-state index is 12.9. The molecule has 1 saturated heterocycles. The van der Waals surface area contributed by atoms with Crippen LogP contribution in [0.3, 0.4) is 0 Å². The quantitative estimate of drug-likeness (QED) is 0.581. The molecule has 0 spiro atoms. The second kappa shape index (κ2) is 10.1. The molecular weight excluding hydrogens is 404 g/mol. The number of nitrogens with one attached hydrogen (secondary N) is 1. The van der Waals surface area contributed by atoms with E-state index in [1.54, 1.807) is 13.3 Å². The van der Waals surface area contributed by atoms with Crippen molar-refractivity contribution in [1.29, 1.82) is 0 Å². The van der Waals surface area contributed by atoms with Crippen molar-refractivity contribution in [2.24, 2.45) is 0 Å². The predicted octanol–water partition coefficient (Wildman–Crippen LogP) is 3.82. The van der Waals surface area contributed by atoms with Crippen molar-refractivity contribution in [1.82, 2.24) is 24.5 Å². The van der Waals surface area contributed by atoms with Crippen molar-refractivity contribution in [3.63, 3.8) is 0 Å². The van der Waals surface area contributed by atoms with Gasteiger partial charge in [-0.3, -0.25) is 14.4 Å². The van der Waals surface area contributed by atoms with Crippen LogP contribution in [-0.4, -0.2) is 50.6 Å². The monoisotopic (exact) mass is 436 g/mol. The van der Waals surface area contributed by atoms with E-state index in [4.69, 9.17) is 4.74 Å². The Morgan fingerprint density at radius 1 is 1.16 bits per heavy atom. The number of carbonyl (C=O) groups excluding carboxylic acids is 1. The van der Waals surface area contributed by atoms with Gasteiger partial charge < -0.3 is 10.1 Å². The van der Waals surface area contributed by atoms with Crippen LogP contribution in [0.4, 0.5) is 5.82 Å².